The molecule has 0 saturated carbocycles. The summed E-state index contributed by atoms with van der Waals surface area (Å²) in [5, 5.41) is 0. The molecule has 0 spiro atoms. The Balaban J connectivity index is 2.06. The van der Waals surface area contributed by atoms with Crippen LogP contribution in [0.15, 0.2) is 56.0 Å². The van der Waals surface area contributed by atoms with Gasteiger partial charge in [0, 0.05) is 19.6 Å². The van der Waals surface area contributed by atoms with Crippen molar-refractivity contribution in [2.45, 2.75) is 72.0 Å². The molecular weight excluding hydrogens is 304 g/mol. The third kappa shape index (κ3) is 2.96. The lowest BCUT2D eigenvalue weighted by Crippen LogP contribution is -2.14. The van der Waals surface area contributed by atoms with Crippen LogP contribution in [0.4, 0.5) is 0 Å². The lowest BCUT2D eigenvalue weighted by molar-refractivity contribution is 0.574. The van der Waals surface area contributed by atoms with Crippen LogP contribution in [0.2, 0.25) is 0 Å². The first-order chi connectivity index (χ1) is 10.2. The summed E-state index contributed by atoms with van der Waals surface area (Å²) in [4.78, 5) is 5.63. The molecule has 22 heavy (non-hydrogen) atoms. The zero-order chi connectivity index (χ0) is 16.1. The van der Waals surface area contributed by atoms with Crippen molar-refractivity contribution in [3.05, 3.63) is 47.5 Å². The lowest BCUT2D eigenvalue weighted by atomic mass is 9.87. The van der Waals surface area contributed by atoms with Crippen LogP contribution in [0.3, 0.4) is 0 Å². The Morgan fingerprint density at radius 1 is 0.682 bits per heavy atom. The van der Waals surface area contributed by atoms with Gasteiger partial charge in [0.2, 0.25) is 0 Å². The van der Waals surface area contributed by atoms with Crippen LogP contribution in [0, 0.1) is 0 Å². The molecule has 0 atom stereocenters. The Morgan fingerprint density at radius 2 is 1.41 bits per heavy atom. The van der Waals surface area contributed by atoms with E-state index in [9.17, 15) is 0 Å². The van der Waals surface area contributed by atoms with Gasteiger partial charge in [0.05, 0.1) is 0 Å². The van der Waals surface area contributed by atoms with Gasteiger partial charge in [-0.05, 0) is 40.2 Å². The second-order valence-electron chi connectivity index (χ2n) is 8.00. The number of hydrogen-bond donors (Lipinski definition) is 0. The quantitative estimate of drug-likeness (QED) is 0.440. The zero-order valence-corrected chi connectivity index (χ0v) is 15.9. The van der Waals surface area contributed by atoms with Gasteiger partial charge in [-0.3, -0.25) is 0 Å². The average Bonchev–Trinajstić information content (AvgIpc) is 2.41. The Bertz CT molecular complexity index is 715. The summed E-state index contributed by atoms with van der Waals surface area (Å²) in [5.74, 6) is 0. The summed E-state index contributed by atoms with van der Waals surface area (Å²) in [6.45, 7) is 13.7. The highest BCUT2D eigenvalue weighted by molar-refractivity contribution is 8.05. The maximum atomic E-state index is 2.37. The standard InChI is InChI=1S/C20H24S2/c1-19(2,3)13-10-11-15-17(12-13)21-16-9-7-8-14(18(16)22-15)20(4,5)6/h7-12H,1-6H3. The molecule has 0 nitrogen and oxygen atoms in total. The third-order valence-electron chi connectivity index (χ3n) is 4.03. The van der Waals surface area contributed by atoms with E-state index in [1.807, 2.05) is 23.5 Å². The van der Waals surface area contributed by atoms with Crippen molar-refractivity contribution in [2.24, 2.45) is 0 Å². The first kappa shape index (κ1) is 16.0. The molecule has 0 saturated heterocycles. The van der Waals surface area contributed by atoms with E-state index in [1.54, 1.807) is 0 Å². The topological polar surface area (TPSA) is 0 Å². The summed E-state index contributed by atoms with van der Waals surface area (Å²) < 4.78 is 0. The van der Waals surface area contributed by atoms with Crippen LogP contribution in [0.1, 0.15) is 52.7 Å². The van der Waals surface area contributed by atoms with Gasteiger partial charge >= 0.3 is 0 Å². The molecule has 1 heterocycles. The fourth-order valence-electron chi connectivity index (χ4n) is 2.66. The molecular formula is C20H24S2. The van der Waals surface area contributed by atoms with Crippen molar-refractivity contribution < 1.29 is 0 Å². The second kappa shape index (κ2) is 5.35. The van der Waals surface area contributed by atoms with Gasteiger partial charge in [0.1, 0.15) is 0 Å². The molecule has 0 aromatic heterocycles. The Kier molecular flexibility index (Phi) is 3.89. The number of benzene rings is 2. The van der Waals surface area contributed by atoms with Gasteiger partial charge < -0.3 is 0 Å². The number of fused-ring (bicyclic) bond motifs is 2. The molecule has 0 bridgehead atoms. The van der Waals surface area contributed by atoms with E-state index in [0.717, 1.165) is 0 Å². The van der Waals surface area contributed by atoms with Gasteiger partial charge in [0.25, 0.3) is 0 Å². The second-order valence-corrected chi connectivity index (χ2v) is 10.1. The monoisotopic (exact) mass is 328 g/mol. The minimum absolute atomic E-state index is 0.182. The van der Waals surface area contributed by atoms with Crippen LogP contribution < -0.4 is 0 Å². The van der Waals surface area contributed by atoms with Crippen LogP contribution in [0.5, 0.6) is 0 Å². The minimum Gasteiger partial charge on any atom is -0.0877 e. The fraction of sp³-hybridized carbons (Fsp3) is 0.400. The molecule has 2 aromatic rings. The Labute approximate surface area is 143 Å². The predicted molar refractivity (Wildman–Crippen MR) is 98.5 cm³/mol. The molecule has 3 rings (SSSR count). The van der Waals surface area contributed by atoms with E-state index in [0.29, 0.717) is 0 Å². The fourth-order valence-corrected chi connectivity index (χ4v) is 5.27. The highest BCUT2D eigenvalue weighted by Gasteiger charge is 2.26. The molecule has 0 fully saturated rings. The van der Waals surface area contributed by atoms with Crippen molar-refractivity contribution in [1.82, 2.24) is 0 Å². The van der Waals surface area contributed by atoms with Gasteiger partial charge in [0.15, 0.2) is 0 Å². The van der Waals surface area contributed by atoms with E-state index >= 15 is 0 Å². The highest BCUT2D eigenvalue weighted by Crippen LogP contribution is 2.52. The van der Waals surface area contributed by atoms with Gasteiger partial charge in [-0.25, -0.2) is 0 Å². The molecule has 2 heteroatoms. The maximum absolute atomic E-state index is 2.37. The highest BCUT2D eigenvalue weighted by atomic mass is 32.2. The van der Waals surface area contributed by atoms with Crippen LogP contribution in [0.25, 0.3) is 0 Å². The number of rotatable bonds is 0. The van der Waals surface area contributed by atoms with E-state index < -0.39 is 0 Å². The molecule has 1 aliphatic heterocycles. The largest absolute Gasteiger partial charge is 0.0877 e. The summed E-state index contributed by atoms with van der Waals surface area (Å²) >= 11 is 3.86. The molecule has 0 amide bonds. The molecule has 116 valence electrons. The van der Waals surface area contributed by atoms with Crippen LogP contribution in [-0.2, 0) is 10.8 Å². The molecule has 2 aromatic carbocycles. The summed E-state index contributed by atoms with van der Waals surface area (Å²) in [6.07, 6.45) is 0. The van der Waals surface area contributed by atoms with Gasteiger partial charge in [-0.1, -0.05) is 83.3 Å². The van der Waals surface area contributed by atoms with Crippen LogP contribution in [-0.4, -0.2) is 0 Å². The van der Waals surface area contributed by atoms with E-state index in [1.165, 1.54) is 30.7 Å². The predicted octanol–water partition coefficient (Wildman–Crippen LogP) is 6.90. The summed E-state index contributed by atoms with van der Waals surface area (Å²) in [6, 6.07) is 13.7. The zero-order valence-electron chi connectivity index (χ0n) is 14.3. The number of hydrogen-bond acceptors (Lipinski definition) is 2. The SMILES string of the molecule is CC(C)(C)c1ccc2c(c1)Sc1cccc(C(C)(C)C)c1S2. The maximum Gasteiger partial charge on any atom is 0.0299 e. The van der Waals surface area contributed by atoms with E-state index in [4.69, 9.17) is 0 Å². The smallest absolute Gasteiger partial charge is 0.0299 e. The molecule has 1 aliphatic rings. The van der Waals surface area contributed by atoms with Gasteiger partial charge in [-0.15, -0.1) is 0 Å². The first-order valence-corrected chi connectivity index (χ1v) is 9.43. The summed E-state index contributed by atoms with van der Waals surface area (Å²) in [7, 11) is 0. The lowest BCUT2D eigenvalue weighted by Gasteiger charge is -2.28. The Morgan fingerprint density at radius 3 is 2.05 bits per heavy atom. The third-order valence-corrected chi connectivity index (χ3v) is 6.62. The molecule has 0 radical (unpaired) electrons. The normalized spacial score (nSPS) is 14.5. The first-order valence-electron chi connectivity index (χ1n) is 7.80. The summed E-state index contributed by atoms with van der Waals surface area (Å²) in [5.41, 5.74) is 3.25. The van der Waals surface area contributed by atoms with Crippen LogP contribution >= 0.6 is 23.5 Å². The molecule has 0 aliphatic carbocycles. The van der Waals surface area contributed by atoms with Crippen molar-refractivity contribution in [3.63, 3.8) is 0 Å². The molecule has 0 unspecified atom stereocenters. The molecule has 0 N–H and O–H groups in total. The van der Waals surface area contributed by atoms with Crippen molar-refractivity contribution >= 4 is 23.5 Å². The van der Waals surface area contributed by atoms with Crippen molar-refractivity contribution in [3.8, 4) is 0 Å². The van der Waals surface area contributed by atoms with E-state index in [2.05, 4.69) is 77.9 Å². The van der Waals surface area contributed by atoms with Crippen molar-refractivity contribution in [2.75, 3.05) is 0 Å². The van der Waals surface area contributed by atoms with E-state index in [-0.39, 0.29) is 10.8 Å². The minimum atomic E-state index is 0.182. The Hall–Kier alpha value is -0.860. The van der Waals surface area contributed by atoms with Gasteiger partial charge in [-0.2, -0.15) is 0 Å². The van der Waals surface area contributed by atoms with Crippen molar-refractivity contribution in [1.29, 1.82) is 0 Å². The average molecular weight is 329 g/mol.